The quantitative estimate of drug-likeness (QED) is 0.844. The summed E-state index contributed by atoms with van der Waals surface area (Å²) in [5.74, 6) is 0.892. The summed E-state index contributed by atoms with van der Waals surface area (Å²) in [5, 5.41) is 3.33. The summed E-state index contributed by atoms with van der Waals surface area (Å²) in [5.41, 5.74) is 1.21. The normalized spacial score (nSPS) is 27.5. The van der Waals surface area contributed by atoms with Crippen molar-refractivity contribution in [2.45, 2.75) is 33.4 Å². The minimum absolute atomic E-state index is 0.208. The van der Waals surface area contributed by atoms with Crippen molar-refractivity contribution in [1.82, 2.24) is 19.7 Å². The van der Waals surface area contributed by atoms with Gasteiger partial charge in [-0.05, 0) is 12.8 Å². The number of aromatic nitrogens is 1. The number of thiazole rings is 1. The third-order valence-corrected chi connectivity index (χ3v) is 5.75. The number of hydrogen-bond acceptors (Lipinski definition) is 5. The van der Waals surface area contributed by atoms with E-state index in [9.17, 15) is 4.79 Å². The van der Waals surface area contributed by atoms with Gasteiger partial charge < -0.3 is 4.90 Å². The molecule has 0 aliphatic carbocycles. The number of hydrogen-bond donors (Lipinski definition) is 0. The molecule has 1 aromatic heterocycles. The molecule has 1 aromatic rings. The summed E-state index contributed by atoms with van der Waals surface area (Å²) in [4.78, 5) is 23.1. The number of nitrogens with zero attached hydrogens (tertiary/aromatic N) is 4. The second-order valence-corrected chi connectivity index (χ2v) is 7.70. The largest absolute Gasteiger partial charge is 0.340 e. The molecule has 22 heavy (non-hydrogen) atoms. The Bertz CT molecular complexity index is 524. The minimum Gasteiger partial charge on any atom is -0.340 e. The van der Waals surface area contributed by atoms with Gasteiger partial charge in [-0.3, -0.25) is 14.6 Å². The van der Waals surface area contributed by atoms with Crippen LogP contribution in [0.4, 0.5) is 0 Å². The molecule has 0 unspecified atom stereocenters. The molecule has 6 heteroatoms. The number of carbonyl (C=O) groups is 1. The van der Waals surface area contributed by atoms with Gasteiger partial charge in [0, 0.05) is 64.2 Å². The van der Waals surface area contributed by atoms with Crippen LogP contribution in [-0.2, 0) is 11.3 Å². The Morgan fingerprint density at radius 3 is 2.64 bits per heavy atom. The SMILES string of the molecule is CC(=O)N1CCN([C@H]2CN(Cc3csc(C)n3)C[C@H]2C)CC1. The average Bonchev–Trinajstić information content (AvgIpc) is 3.05. The molecule has 0 N–H and O–H groups in total. The summed E-state index contributed by atoms with van der Waals surface area (Å²) in [7, 11) is 0. The molecule has 5 nitrogen and oxygen atoms in total. The van der Waals surface area contributed by atoms with Crippen molar-refractivity contribution in [2.75, 3.05) is 39.3 Å². The molecule has 2 atom stereocenters. The van der Waals surface area contributed by atoms with Crippen molar-refractivity contribution in [1.29, 1.82) is 0 Å². The highest BCUT2D eigenvalue weighted by Gasteiger charge is 2.35. The Labute approximate surface area is 136 Å². The predicted octanol–water partition coefficient (Wildman–Crippen LogP) is 1.44. The zero-order valence-corrected chi connectivity index (χ0v) is 14.6. The lowest BCUT2D eigenvalue weighted by atomic mass is 10.0. The van der Waals surface area contributed by atoms with Crippen LogP contribution in [0.5, 0.6) is 0 Å². The van der Waals surface area contributed by atoms with Gasteiger partial charge in [0.2, 0.25) is 5.91 Å². The molecule has 0 spiro atoms. The molecule has 3 rings (SSSR count). The predicted molar refractivity (Wildman–Crippen MR) is 88.9 cm³/mol. The molecule has 3 heterocycles. The third kappa shape index (κ3) is 3.50. The molecule has 0 aromatic carbocycles. The maximum Gasteiger partial charge on any atom is 0.219 e. The van der Waals surface area contributed by atoms with Crippen molar-refractivity contribution in [3.8, 4) is 0 Å². The average molecular weight is 322 g/mol. The highest BCUT2D eigenvalue weighted by Crippen LogP contribution is 2.24. The lowest BCUT2D eigenvalue weighted by Crippen LogP contribution is -2.53. The Morgan fingerprint density at radius 1 is 1.32 bits per heavy atom. The maximum atomic E-state index is 11.4. The summed E-state index contributed by atoms with van der Waals surface area (Å²) >= 11 is 1.73. The van der Waals surface area contributed by atoms with E-state index in [2.05, 4.69) is 34.0 Å². The van der Waals surface area contributed by atoms with Crippen LogP contribution in [0.25, 0.3) is 0 Å². The Kier molecular flexibility index (Phi) is 4.80. The number of carbonyl (C=O) groups excluding carboxylic acids is 1. The fourth-order valence-corrected chi connectivity index (χ4v) is 4.33. The fraction of sp³-hybridized carbons (Fsp3) is 0.750. The Morgan fingerprint density at radius 2 is 2.05 bits per heavy atom. The van der Waals surface area contributed by atoms with E-state index in [0.29, 0.717) is 12.0 Å². The van der Waals surface area contributed by atoms with E-state index in [1.807, 2.05) is 4.90 Å². The first-order valence-electron chi connectivity index (χ1n) is 8.16. The molecule has 0 radical (unpaired) electrons. The van der Waals surface area contributed by atoms with Crippen LogP contribution >= 0.6 is 11.3 Å². The number of amides is 1. The van der Waals surface area contributed by atoms with Gasteiger partial charge in [0.1, 0.15) is 0 Å². The van der Waals surface area contributed by atoms with Gasteiger partial charge in [0.05, 0.1) is 10.7 Å². The van der Waals surface area contributed by atoms with E-state index in [1.165, 1.54) is 5.69 Å². The Hall–Kier alpha value is -0.980. The van der Waals surface area contributed by atoms with Crippen LogP contribution in [0.15, 0.2) is 5.38 Å². The molecule has 2 aliphatic rings. The highest BCUT2D eigenvalue weighted by atomic mass is 32.1. The van der Waals surface area contributed by atoms with Gasteiger partial charge >= 0.3 is 0 Å². The van der Waals surface area contributed by atoms with Crippen LogP contribution in [0, 0.1) is 12.8 Å². The standard InChI is InChI=1S/C16H26N4OS/c1-12-8-18(9-15-11-22-13(2)17-15)10-16(12)20-6-4-19(5-7-20)14(3)21/h11-12,16H,4-10H2,1-3H3/t12-,16+/m1/s1. The molecule has 2 saturated heterocycles. The third-order valence-electron chi connectivity index (χ3n) is 4.93. The maximum absolute atomic E-state index is 11.4. The number of likely N-dealkylation sites (tertiary alicyclic amines) is 1. The molecule has 1 amide bonds. The van der Waals surface area contributed by atoms with Gasteiger partial charge in [-0.15, -0.1) is 11.3 Å². The molecular weight excluding hydrogens is 296 g/mol. The van der Waals surface area contributed by atoms with E-state index >= 15 is 0 Å². The zero-order chi connectivity index (χ0) is 15.7. The minimum atomic E-state index is 0.208. The summed E-state index contributed by atoms with van der Waals surface area (Å²) in [6.07, 6.45) is 0. The lowest BCUT2D eigenvalue weighted by Gasteiger charge is -2.39. The lowest BCUT2D eigenvalue weighted by molar-refractivity contribution is -0.130. The van der Waals surface area contributed by atoms with Crippen LogP contribution in [-0.4, -0.2) is 70.9 Å². The molecule has 0 saturated carbocycles. The van der Waals surface area contributed by atoms with Crippen molar-refractivity contribution in [2.24, 2.45) is 5.92 Å². The van der Waals surface area contributed by atoms with Crippen LogP contribution in [0.2, 0.25) is 0 Å². The van der Waals surface area contributed by atoms with E-state index in [-0.39, 0.29) is 5.91 Å². The van der Waals surface area contributed by atoms with E-state index < -0.39 is 0 Å². The first kappa shape index (κ1) is 15.9. The van der Waals surface area contributed by atoms with Gasteiger partial charge in [-0.1, -0.05) is 6.92 Å². The van der Waals surface area contributed by atoms with Crippen LogP contribution < -0.4 is 0 Å². The molecule has 122 valence electrons. The molecule has 2 aliphatic heterocycles. The van der Waals surface area contributed by atoms with Gasteiger partial charge in [-0.2, -0.15) is 0 Å². The summed E-state index contributed by atoms with van der Waals surface area (Å²) < 4.78 is 0. The highest BCUT2D eigenvalue weighted by molar-refractivity contribution is 7.09. The molecular formula is C16H26N4OS. The molecule has 0 bridgehead atoms. The van der Waals surface area contributed by atoms with E-state index in [4.69, 9.17) is 0 Å². The van der Waals surface area contributed by atoms with Crippen molar-refractivity contribution >= 4 is 17.2 Å². The summed E-state index contributed by atoms with van der Waals surface area (Å²) in [6.45, 7) is 13.1. The van der Waals surface area contributed by atoms with Crippen molar-refractivity contribution < 1.29 is 4.79 Å². The van der Waals surface area contributed by atoms with Crippen LogP contribution in [0.1, 0.15) is 24.5 Å². The summed E-state index contributed by atoms with van der Waals surface area (Å²) in [6, 6.07) is 0.619. The second-order valence-electron chi connectivity index (χ2n) is 6.64. The van der Waals surface area contributed by atoms with E-state index in [0.717, 1.165) is 50.8 Å². The van der Waals surface area contributed by atoms with Crippen molar-refractivity contribution in [3.63, 3.8) is 0 Å². The second kappa shape index (κ2) is 6.64. The first-order chi connectivity index (χ1) is 10.5. The van der Waals surface area contributed by atoms with Crippen LogP contribution in [0.3, 0.4) is 0 Å². The number of rotatable bonds is 3. The molecule has 2 fully saturated rings. The van der Waals surface area contributed by atoms with Crippen molar-refractivity contribution in [3.05, 3.63) is 16.1 Å². The topological polar surface area (TPSA) is 39.7 Å². The Balaban J connectivity index is 1.54. The van der Waals surface area contributed by atoms with Gasteiger partial charge in [0.25, 0.3) is 0 Å². The van der Waals surface area contributed by atoms with E-state index in [1.54, 1.807) is 18.3 Å². The number of aryl methyl sites for hydroxylation is 1. The van der Waals surface area contributed by atoms with Gasteiger partial charge in [0.15, 0.2) is 0 Å². The first-order valence-corrected chi connectivity index (χ1v) is 9.04. The zero-order valence-electron chi connectivity index (χ0n) is 13.8. The smallest absolute Gasteiger partial charge is 0.219 e. The van der Waals surface area contributed by atoms with Gasteiger partial charge in [-0.25, -0.2) is 4.98 Å². The fourth-order valence-electron chi connectivity index (χ4n) is 3.73. The number of piperazine rings is 1. The monoisotopic (exact) mass is 322 g/mol.